The monoisotopic (exact) mass is 162 g/mol. The molecule has 0 aliphatic carbocycles. The molecule has 10 heavy (non-hydrogen) atoms. The van der Waals surface area contributed by atoms with Crippen LogP contribution in [0.1, 0.15) is 12.8 Å². The number of alkyl halides is 1. The highest BCUT2D eigenvalue weighted by Gasteiger charge is 1.92. The van der Waals surface area contributed by atoms with Gasteiger partial charge in [0.2, 0.25) is 0 Å². The third-order valence-electron chi connectivity index (χ3n) is 0.939. The van der Waals surface area contributed by atoms with Crippen LogP contribution in [-0.2, 0) is 9.53 Å². The molecular weight excluding hydrogens is 152 g/mol. The molecule has 0 aromatic carbocycles. The molecule has 0 rings (SSSR count). The first-order chi connectivity index (χ1) is 4.81. The minimum absolute atomic E-state index is 0.366. The zero-order valence-corrected chi connectivity index (χ0v) is 6.56. The smallest absolute Gasteiger partial charge is 0.330 e. The Labute approximate surface area is 65.8 Å². The van der Waals surface area contributed by atoms with Crippen LogP contribution in [0, 0.1) is 0 Å². The number of esters is 1. The summed E-state index contributed by atoms with van der Waals surface area (Å²) in [5.41, 5.74) is 0. The average molecular weight is 163 g/mol. The lowest BCUT2D eigenvalue weighted by molar-refractivity contribution is -0.137. The van der Waals surface area contributed by atoms with Crippen LogP contribution in [0.15, 0.2) is 12.7 Å². The van der Waals surface area contributed by atoms with Gasteiger partial charge in [0.1, 0.15) is 0 Å². The minimum atomic E-state index is -0.366. The molecule has 2 nitrogen and oxygen atoms in total. The van der Waals surface area contributed by atoms with Gasteiger partial charge < -0.3 is 4.74 Å². The minimum Gasteiger partial charge on any atom is -0.463 e. The SMILES string of the molecule is C=CC(=O)OCCCCCl. The number of carbonyl (C=O) groups excluding carboxylic acids is 1. The molecule has 0 aliphatic heterocycles. The van der Waals surface area contributed by atoms with Gasteiger partial charge in [-0.2, -0.15) is 0 Å². The van der Waals surface area contributed by atoms with Crippen LogP contribution in [-0.4, -0.2) is 18.5 Å². The Hall–Kier alpha value is -0.500. The second-order valence-electron chi connectivity index (χ2n) is 1.77. The Morgan fingerprint density at radius 3 is 2.80 bits per heavy atom. The van der Waals surface area contributed by atoms with Crippen molar-refractivity contribution in [3.05, 3.63) is 12.7 Å². The topological polar surface area (TPSA) is 26.3 Å². The van der Waals surface area contributed by atoms with Crippen molar-refractivity contribution in [2.45, 2.75) is 12.8 Å². The highest BCUT2D eigenvalue weighted by molar-refractivity contribution is 6.17. The Kier molecular flexibility index (Phi) is 6.29. The van der Waals surface area contributed by atoms with Gasteiger partial charge in [-0.3, -0.25) is 0 Å². The molecule has 0 aliphatic rings. The number of halogens is 1. The lowest BCUT2D eigenvalue weighted by Gasteiger charge is -1.98. The maximum atomic E-state index is 10.4. The summed E-state index contributed by atoms with van der Waals surface area (Å²) < 4.78 is 4.68. The molecule has 0 atom stereocenters. The summed E-state index contributed by atoms with van der Waals surface area (Å²) in [6, 6.07) is 0. The van der Waals surface area contributed by atoms with Gasteiger partial charge in [0.05, 0.1) is 6.61 Å². The van der Waals surface area contributed by atoms with Crippen LogP contribution in [0.5, 0.6) is 0 Å². The van der Waals surface area contributed by atoms with Gasteiger partial charge in [-0.15, -0.1) is 11.6 Å². The van der Waals surface area contributed by atoms with E-state index in [4.69, 9.17) is 11.6 Å². The van der Waals surface area contributed by atoms with Gasteiger partial charge in [-0.25, -0.2) is 4.79 Å². The number of hydrogen-bond acceptors (Lipinski definition) is 2. The number of hydrogen-bond donors (Lipinski definition) is 0. The van der Waals surface area contributed by atoms with Crippen LogP contribution in [0.2, 0.25) is 0 Å². The maximum Gasteiger partial charge on any atom is 0.330 e. The van der Waals surface area contributed by atoms with Crippen LogP contribution < -0.4 is 0 Å². The molecule has 0 N–H and O–H groups in total. The van der Waals surface area contributed by atoms with Gasteiger partial charge in [-0.1, -0.05) is 6.58 Å². The van der Waals surface area contributed by atoms with E-state index in [2.05, 4.69) is 11.3 Å². The van der Waals surface area contributed by atoms with E-state index in [-0.39, 0.29) is 5.97 Å². The van der Waals surface area contributed by atoms with Crippen LogP contribution >= 0.6 is 11.6 Å². The van der Waals surface area contributed by atoms with Crippen LogP contribution in [0.25, 0.3) is 0 Å². The standard InChI is InChI=1S/C7H11ClO2/c1-2-7(9)10-6-4-3-5-8/h2H,1,3-6H2. The third kappa shape index (κ3) is 5.63. The first-order valence-corrected chi connectivity index (χ1v) is 3.70. The van der Waals surface area contributed by atoms with E-state index in [1.165, 1.54) is 0 Å². The summed E-state index contributed by atoms with van der Waals surface area (Å²) in [5, 5.41) is 0. The molecule has 3 heteroatoms. The zero-order chi connectivity index (χ0) is 7.82. The number of carbonyl (C=O) groups is 1. The largest absolute Gasteiger partial charge is 0.463 e. The number of unbranched alkanes of at least 4 members (excludes halogenated alkanes) is 1. The van der Waals surface area contributed by atoms with Gasteiger partial charge in [-0.05, 0) is 12.8 Å². The maximum absolute atomic E-state index is 10.4. The molecule has 0 aromatic heterocycles. The van der Waals surface area contributed by atoms with E-state index in [9.17, 15) is 4.79 Å². The molecule has 0 spiro atoms. The Bertz CT molecular complexity index is 112. The second kappa shape index (κ2) is 6.62. The summed E-state index contributed by atoms with van der Waals surface area (Å²) in [5.74, 6) is 0.251. The molecule has 0 saturated heterocycles. The quantitative estimate of drug-likeness (QED) is 0.266. The van der Waals surface area contributed by atoms with Crippen molar-refractivity contribution in [3.63, 3.8) is 0 Å². The molecule has 0 unspecified atom stereocenters. The summed E-state index contributed by atoms with van der Waals surface area (Å²) in [6.45, 7) is 3.70. The van der Waals surface area contributed by atoms with Crippen molar-refractivity contribution >= 4 is 17.6 Å². The normalized spacial score (nSPS) is 8.90. The predicted octanol–water partition coefficient (Wildman–Crippen LogP) is 1.73. The van der Waals surface area contributed by atoms with Crippen LogP contribution in [0.4, 0.5) is 0 Å². The van der Waals surface area contributed by atoms with Crippen molar-refractivity contribution in [2.75, 3.05) is 12.5 Å². The number of rotatable bonds is 5. The fourth-order valence-electron chi connectivity index (χ4n) is 0.428. The second-order valence-corrected chi connectivity index (χ2v) is 2.15. The Morgan fingerprint density at radius 1 is 1.60 bits per heavy atom. The summed E-state index contributed by atoms with van der Waals surface area (Å²) >= 11 is 5.39. The summed E-state index contributed by atoms with van der Waals surface area (Å²) in [4.78, 5) is 10.4. The molecule has 0 fully saturated rings. The van der Waals surface area contributed by atoms with Crippen molar-refractivity contribution in [1.29, 1.82) is 0 Å². The lowest BCUT2D eigenvalue weighted by Crippen LogP contribution is -2.01. The Morgan fingerprint density at radius 2 is 2.30 bits per heavy atom. The van der Waals surface area contributed by atoms with Crippen molar-refractivity contribution < 1.29 is 9.53 Å². The molecular formula is C7H11ClO2. The van der Waals surface area contributed by atoms with E-state index >= 15 is 0 Å². The molecule has 0 aromatic rings. The number of ether oxygens (including phenoxy) is 1. The van der Waals surface area contributed by atoms with Crippen molar-refractivity contribution in [2.24, 2.45) is 0 Å². The van der Waals surface area contributed by atoms with Gasteiger partial charge >= 0.3 is 5.97 Å². The average Bonchev–Trinajstić information content (AvgIpc) is 1.98. The van der Waals surface area contributed by atoms with Crippen molar-refractivity contribution in [3.8, 4) is 0 Å². The molecule has 0 saturated carbocycles. The van der Waals surface area contributed by atoms with Gasteiger partial charge in [0.25, 0.3) is 0 Å². The molecule has 0 radical (unpaired) electrons. The van der Waals surface area contributed by atoms with Crippen LogP contribution in [0.3, 0.4) is 0 Å². The van der Waals surface area contributed by atoms with Crippen molar-refractivity contribution in [1.82, 2.24) is 0 Å². The first-order valence-electron chi connectivity index (χ1n) is 3.16. The van der Waals surface area contributed by atoms with E-state index in [0.717, 1.165) is 18.9 Å². The van der Waals surface area contributed by atoms with E-state index < -0.39 is 0 Å². The first kappa shape index (κ1) is 9.50. The predicted molar refractivity (Wildman–Crippen MR) is 41.1 cm³/mol. The Balaban J connectivity index is 3.03. The highest BCUT2D eigenvalue weighted by Crippen LogP contribution is 1.92. The van der Waals surface area contributed by atoms with E-state index in [1.54, 1.807) is 0 Å². The van der Waals surface area contributed by atoms with E-state index in [0.29, 0.717) is 12.5 Å². The molecule has 0 amide bonds. The molecule has 0 bridgehead atoms. The molecule has 0 heterocycles. The zero-order valence-electron chi connectivity index (χ0n) is 5.81. The fourth-order valence-corrected chi connectivity index (χ4v) is 0.617. The fraction of sp³-hybridized carbons (Fsp3) is 0.571. The van der Waals surface area contributed by atoms with Gasteiger partial charge in [0.15, 0.2) is 0 Å². The van der Waals surface area contributed by atoms with Gasteiger partial charge in [0, 0.05) is 12.0 Å². The lowest BCUT2D eigenvalue weighted by atomic mass is 10.4. The third-order valence-corrected chi connectivity index (χ3v) is 1.21. The highest BCUT2D eigenvalue weighted by atomic mass is 35.5. The summed E-state index contributed by atoms with van der Waals surface area (Å²) in [7, 11) is 0. The molecule has 58 valence electrons. The summed E-state index contributed by atoms with van der Waals surface area (Å²) in [6.07, 6.45) is 2.86. The van der Waals surface area contributed by atoms with E-state index in [1.807, 2.05) is 0 Å².